The van der Waals surface area contributed by atoms with Crippen LogP contribution < -0.4 is 5.32 Å². The predicted molar refractivity (Wildman–Crippen MR) is 85.8 cm³/mol. The normalized spacial score (nSPS) is 18.8. The van der Waals surface area contributed by atoms with E-state index in [0.717, 1.165) is 35.7 Å². The second kappa shape index (κ2) is 7.07. The Morgan fingerprint density at radius 2 is 2.00 bits per heavy atom. The third-order valence-corrected chi connectivity index (χ3v) is 4.53. The number of hydrogen-bond acceptors (Lipinski definition) is 2. The molecule has 0 saturated carbocycles. The minimum Gasteiger partial charge on any atom is -0.314 e. The maximum Gasteiger partial charge on any atom is 0.0417 e. The van der Waals surface area contributed by atoms with Gasteiger partial charge in [0.15, 0.2) is 0 Å². The van der Waals surface area contributed by atoms with E-state index in [1.54, 1.807) is 0 Å². The molecular formula is C15H22BrClN2. The lowest BCUT2D eigenvalue weighted by Gasteiger charge is -2.36. The second-order valence-corrected chi connectivity index (χ2v) is 6.89. The minimum atomic E-state index is 0.480. The molecule has 0 radical (unpaired) electrons. The SMILES string of the molecule is CC(C)C[C@@H](c1ccc(Cl)cc1Br)N1CCNCC1. The molecule has 1 saturated heterocycles. The molecule has 2 nitrogen and oxygen atoms in total. The largest absolute Gasteiger partial charge is 0.314 e. The molecule has 0 unspecified atom stereocenters. The third-order valence-electron chi connectivity index (χ3n) is 3.61. The number of benzene rings is 1. The smallest absolute Gasteiger partial charge is 0.0417 e. The highest BCUT2D eigenvalue weighted by Gasteiger charge is 2.24. The number of rotatable bonds is 4. The molecule has 0 aromatic heterocycles. The van der Waals surface area contributed by atoms with Gasteiger partial charge in [-0.05, 0) is 30.0 Å². The summed E-state index contributed by atoms with van der Waals surface area (Å²) < 4.78 is 1.13. The Kier molecular flexibility index (Phi) is 5.70. The van der Waals surface area contributed by atoms with Gasteiger partial charge in [-0.1, -0.05) is 47.4 Å². The van der Waals surface area contributed by atoms with Gasteiger partial charge in [-0.15, -0.1) is 0 Å². The van der Waals surface area contributed by atoms with Gasteiger partial charge in [0.1, 0.15) is 0 Å². The molecule has 1 aromatic carbocycles. The number of piperazine rings is 1. The minimum absolute atomic E-state index is 0.480. The zero-order valence-electron chi connectivity index (χ0n) is 11.6. The highest BCUT2D eigenvalue weighted by Crippen LogP contribution is 2.34. The van der Waals surface area contributed by atoms with Crippen LogP contribution in [0, 0.1) is 5.92 Å². The first-order chi connectivity index (χ1) is 9.08. The van der Waals surface area contributed by atoms with Gasteiger partial charge < -0.3 is 5.32 Å². The summed E-state index contributed by atoms with van der Waals surface area (Å²) in [7, 11) is 0. The van der Waals surface area contributed by atoms with Crippen molar-refractivity contribution in [3.8, 4) is 0 Å². The Morgan fingerprint density at radius 3 is 2.58 bits per heavy atom. The Hall–Kier alpha value is -0.0900. The summed E-state index contributed by atoms with van der Waals surface area (Å²) in [5.74, 6) is 0.683. The van der Waals surface area contributed by atoms with Crippen LogP contribution in [0.1, 0.15) is 31.9 Å². The fourth-order valence-electron chi connectivity index (χ4n) is 2.68. The molecular weight excluding hydrogens is 324 g/mol. The molecule has 19 heavy (non-hydrogen) atoms. The van der Waals surface area contributed by atoms with Crippen LogP contribution in [-0.2, 0) is 0 Å². The van der Waals surface area contributed by atoms with Gasteiger partial charge in [0, 0.05) is 41.7 Å². The summed E-state index contributed by atoms with van der Waals surface area (Å²) in [6.45, 7) is 8.98. The van der Waals surface area contributed by atoms with Gasteiger partial charge in [-0.25, -0.2) is 0 Å². The molecule has 0 amide bonds. The summed E-state index contributed by atoms with van der Waals surface area (Å²) in [6, 6.07) is 6.65. The zero-order valence-corrected chi connectivity index (χ0v) is 14.0. The quantitative estimate of drug-likeness (QED) is 0.884. The van der Waals surface area contributed by atoms with E-state index in [1.165, 1.54) is 12.0 Å². The lowest BCUT2D eigenvalue weighted by atomic mass is 9.95. The van der Waals surface area contributed by atoms with Crippen molar-refractivity contribution in [3.05, 3.63) is 33.3 Å². The van der Waals surface area contributed by atoms with E-state index in [4.69, 9.17) is 11.6 Å². The molecule has 0 aliphatic carbocycles. The molecule has 1 aliphatic heterocycles. The van der Waals surface area contributed by atoms with E-state index in [1.807, 2.05) is 12.1 Å². The molecule has 0 spiro atoms. The maximum atomic E-state index is 6.06. The van der Waals surface area contributed by atoms with Crippen LogP contribution >= 0.6 is 27.5 Å². The predicted octanol–water partition coefficient (Wildman–Crippen LogP) is 4.09. The van der Waals surface area contributed by atoms with Crippen LogP contribution in [0.25, 0.3) is 0 Å². The van der Waals surface area contributed by atoms with Crippen LogP contribution in [0.2, 0.25) is 5.02 Å². The Labute approximate surface area is 129 Å². The Bertz CT molecular complexity index is 417. The van der Waals surface area contributed by atoms with E-state index < -0.39 is 0 Å². The van der Waals surface area contributed by atoms with Crippen LogP contribution in [-0.4, -0.2) is 31.1 Å². The van der Waals surface area contributed by atoms with Crippen molar-refractivity contribution < 1.29 is 0 Å². The van der Waals surface area contributed by atoms with Gasteiger partial charge in [-0.3, -0.25) is 4.90 Å². The van der Waals surface area contributed by atoms with Gasteiger partial charge in [0.05, 0.1) is 0 Å². The standard InChI is InChI=1S/C15H22BrClN2/c1-11(2)9-15(19-7-5-18-6-8-19)13-4-3-12(17)10-14(13)16/h3-4,10-11,15,18H,5-9H2,1-2H3/t15-/m0/s1. The molecule has 1 atom stereocenters. The molecule has 2 rings (SSSR count). The van der Waals surface area contributed by atoms with Crippen molar-refractivity contribution in [2.75, 3.05) is 26.2 Å². The van der Waals surface area contributed by atoms with Crippen LogP contribution in [0.4, 0.5) is 0 Å². The van der Waals surface area contributed by atoms with E-state index in [9.17, 15) is 0 Å². The van der Waals surface area contributed by atoms with Crippen molar-refractivity contribution in [2.45, 2.75) is 26.3 Å². The molecule has 4 heteroatoms. The number of hydrogen-bond donors (Lipinski definition) is 1. The fraction of sp³-hybridized carbons (Fsp3) is 0.600. The van der Waals surface area contributed by atoms with Crippen molar-refractivity contribution in [1.29, 1.82) is 0 Å². The molecule has 0 bridgehead atoms. The van der Waals surface area contributed by atoms with Gasteiger partial charge in [0.25, 0.3) is 0 Å². The molecule has 106 valence electrons. The van der Waals surface area contributed by atoms with Crippen LogP contribution in [0.15, 0.2) is 22.7 Å². The van der Waals surface area contributed by atoms with E-state index in [2.05, 4.69) is 46.1 Å². The average Bonchev–Trinajstić information content (AvgIpc) is 2.37. The summed E-state index contributed by atoms with van der Waals surface area (Å²) >= 11 is 9.74. The topological polar surface area (TPSA) is 15.3 Å². The van der Waals surface area contributed by atoms with Gasteiger partial charge in [0.2, 0.25) is 0 Å². The maximum absolute atomic E-state index is 6.06. The summed E-state index contributed by atoms with van der Waals surface area (Å²) in [6.07, 6.45) is 1.18. The molecule has 1 heterocycles. The molecule has 1 aliphatic rings. The monoisotopic (exact) mass is 344 g/mol. The zero-order chi connectivity index (χ0) is 13.8. The lowest BCUT2D eigenvalue weighted by molar-refractivity contribution is 0.153. The van der Waals surface area contributed by atoms with Crippen molar-refractivity contribution in [3.63, 3.8) is 0 Å². The third kappa shape index (κ3) is 4.19. The molecule has 1 fully saturated rings. The van der Waals surface area contributed by atoms with Crippen LogP contribution in [0.5, 0.6) is 0 Å². The summed E-state index contributed by atoms with van der Waals surface area (Å²) in [4.78, 5) is 2.59. The van der Waals surface area contributed by atoms with Gasteiger partial charge >= 0.3 is 0 Å². The highest BCUT2D eigenvalue weighted by molar-refractivity contribution is 9.10. The summed E-state index contributed by atoms with van der Waals surface area (Å²) in [5.41, 5.74) is 1.36. The first-order valence-corrected chi connectivity index (χ1v) is 8.14. The first kappa shape index (κ1) is 15.3. The Balaban J connectivity index is 2.25. The first-order valence-electron chi connectivity index (χ1n) is 6.97. The highest BCUT2D eigenvalue weighted by atomic mass is 79.9. The molecule has 1 aromatic rings. The fourth-order valence-corrected chi connectivity index (χ4v) is 3.63. The number of halogens is 2. The van der Waals surface area contributed by atoms with E-state index >= 15 is 0 Å². The van der Waals surface area contributed by atoms with Crippen LogP contribution in [0.3, 0.4) is 0 Å². The van der Waals surface area contributed by atoms with Crippen molar-refractivity contribution in [1.82, 2.24) is 10.2 Å². The van der Waals surface area contributed by atoms with E-state index in [-0.39, 0.29) is 0 Å². The van der Waals surface area contributed by atoms with E-state index in [0.29, 0.717) is 12.0 Å². The van der Waals surface area contributed by atoms with Crippen molar-refractivity contribution >= 4 is 27.5 Å². The second-order valence-electron chi connectivity index (χ2n) is 5.60. The number of nitrogens with one attached hydrogen (secondary N) is 1. The Morgan fingerprint density at radius 1 is 1.32 bits per heavy atom. The molecule has 1 N–H and O–H groups in total. The van der Waals surface area contributed by atoms with Gasteiger partial charge in [-0.2, -0.15) is 0 Å². The number of nitrogens with zero attached hydrogens (tertiary/aromatic N) is 1. The average molecular weight is 346 g/mol. The van der Waals surface area contributed by atoms with Crippen molar-refractivity contribution in [2.24, 2.45) is 5.92 Å². The lowest BCUT2D eigenvalue weighted by Crippen LogP contribution is -2.45. The summed E-state index contributed by atoms with van der Waals surface area (Å²) in [5, 5.41) is 4.21.